The first-order chi connectivity index (χ1) is 33.6. The molecule has 9 aromatic carbocycles. The van der Waals surface area contributed by atoms with Crippen molar-refractivity contribution in [2.45, 2.75) is 0 Å². The molecule has 7 nitrogen and oxygen atoms in total. The third-order valence-corrected chi connectivity index (χ3v) is 12.8. The topological polar surface area (TPSA) is 107 Å². The Labute approximate surface area is 391 Å². The lowest BCUT2D eigenvalue weighted by Gasteiger charge is -2.21. The zero-order valence-electron chi connectivity index (χ0n) is 36.3. The Balaban J connectivity index is 1.21. The molecule has 3 aromatic heterocycles. The van der Waals surface area contributed by atoms with Crippen molar-refractivity contribution in [1.82, 2.24) is 19.1 Å². The summed E-state index contributed by atoms with van der Waals surface area (Å²) < 4.78 is 4.55. The predicted molar refractivity (Wildman–Crippen MR) is 272 cm³/mol. The van der Waals surface area contributed by atoms with Crippen LogP contribution in [-0.4, -0.2) is 19.1 Å². The number of rotatable bonds is 7. The van der Waals surface area contributed by atoms with Crippen LogP contribution in [-0.2, 0) is 0 Å². The number of hydrogen-bond donors (Lipinski definition) is 0. The molecule has 0 spiro atoms. The standard InChI is InChI=1S/C61H35N7/c62-36-39-19-23-42(24-20-39)46-27-29-56-50(33-46)48-15-7-9-17-54(48)67(56)58-31-41(38-64)32-59(60(58)53-35-52(44-11-3-1-4-12-44)65-61(66-53)45-13-5-2-6-14-45)68-55-18-10-8-16-49(55)51-34-47(28-30-57(51)68)43-25-21-40(37-63)22-26-43/h1-35H. The van der Waals surface area contributed by atoms with Crippen molar-refractivity contribution in [2.24, 2.45) is 0 Å². The Hall–Kier alpha value is -9.87. The lowest BCUT2D eigenvalue weighted by atomic mass is 9.99. The van der Waals surface area contributed by atoms with Gasteiger partial charge in [-0.05, 0) is 101 Å². The van der Waals surface area contributed by atoms with Crippen LogP contribution in [0.15, 0.2) is 212 Å². The highest BCUT2D eigenvalue weighted by atomic mass is 15.0. The Morgan fingerprint density at radius 1 is 0.309 bits per heavy atom. The van der Waals surface area contributed by atoms with Gasteiger partial charge < -0.3 is 9.13 Å². The summed E-state index contributed by atoms with van der Waals surface area (Å²) in [5, 5.41) is 34.3. The molecule has 68 heavy (non-hydrogen) atoms. The average Bonchev–Trinajstić information content (AvgIpc) is 3.93. The highest BCUT2D eigenvalue weighted by Crippen LogP contribution is 2.44. The van der Waals surface area contributed by atoms with Gasteiger partial charge in [0.25, 0.3) is 0 Å². The maximum atomic E-state index is 11.0. The van der Waals surface area contributed by atoms with E-state index in [2.05, 4.69) is 130 Å². The first-order valence-electron chi connectivity index (χ1n) is 22.2. The maximum Gasteiger partial charge on any atom is 0.160 e. The van der Waals surface area contributed by atoms with Gasteiger partial charge in [0.15, 0.2) is 5.82 Å². The molecular formula is C61H35N7. The van der Waals surface area contributed by atoms with Gasteiger partial charge >= 0.3 is 0 Å². The molecule has 0 saturated heterocycles. The number of nitriles is 3. The Morgan fingerprint density at radius 2 is 0.721 bits per heavy atom. The number of fused-ring (bicyclic) bond motifs is 6. The number of hydrogen-bond acceptors (Lipinski definition) is 5. The molecule has 7 heteroatoms. The molecule has 0 N–H and O–H groups in total. The smallest absolute Gasteiger partial charge is 0.160 e. The van der Waals surface area contributed by atoms with Gasteiger partial charge in [0.2, 0.25) is 0 Å². The van der Waals surface area contributed by atoms with E-state index in [1.807, 2.05) is 109 Å². The van der Waals surface area contributed by atoms with E-state index in [-0.39, 0.29) is 0 Å². The SMILES string of the molecule is N#Cc1ccc(-c2ccc3c(c2)c2ccccc2n3-c2cc(C#N)cc(-n3c4ccccc4c4cc(-c5ccc(C#N)cc5)ccc43)c2-c2cc(-c3ccccc3)nc(-c3ccccc3)n2)cc1. The van der Waals surface area contributed by atoms with E-state index in [0.29, 0.717) is 28.2 Å². The molecule has 0 atom stereocenters. The molecule has 0 amide bonds. The summed E-state index contributed by atoms with van der Waals surface area (Å²) >= 11 is 0. The monoisotopic (exact) mass is 865 g/mol. The molecule has 3 heterocycles. The van der Waals surface area contributed by atoms with Gasteiger partial charge in [-0.25, -0.2) is 9.97 Å². The van der Waals surface area contributed by atoms with Crippen molar-refractivity contribution in [3.05, 3.63) is 229 Å². The van der Waals surface area contributed by atoms with E-state index < -0.39 is 0 Å². The zero-order valence-corrected chi connectivity index (χ0v) is 36.3. The molecule has 12 aromatic rings. The maximum absolute atomic E-state index is 11.0. The van der Waals surface area contributed by atoms with Crippen LogP contribution in [0.25, 0.3) is 111 Å². The molecule has 0 radical (unpaired) electrons. The van der Waals surface area contributed by atoms with E-state index >= 15 is 0 Å². The fraction of sp³-hybridized carbons (Fsp3) is 0. The highest BCUT2D eigenvalue weighted by Gasteiger charge is 2.26. The van der Waals surface area contributed by atoms with Gasteiger partial charge in [-0.15, -0.1) is 0 Å². The Kier molecular flexibility index (Phi) is 9.51. The lowest BCUT2D eigenvalue weighted by molar-refractivity contribution is 1.11. The predicted octanol–water partition coefficient (Wildman–Crippen LogP) is 14.6. The second-order valence-electron chi connectivity index (χ2n) is 16.7. The van der Waals surface area contributed by atoms with Crippen LogP contribution < -0.4 is 0 Å². The van der Waals surface area contributed by atoms with Gasteiger partial charge in [-0.2, -0.15) is 15.8 Å². The van der Waals surface area contributed by atoms with E-state index in [1.54, 1.807) is 0 Å². The third-order valence-electron chi connectivity index (χ3n) is 12.8. The zero-order chi connectivity index (χ0) is 45.7. The minimum Gasteiger partial charge on any atom is -0.308 e. The van der Waals surface area contributed by atoms with Crippen molar-refractivity contribution < 1.29 is 0 Å². The Morgan fingerprint density at radius 3 is 1.21 bits per heavy atom. The van der Waals surface area contributed by atoms with Crippen molar-refractivity contribution >= 4 is 43.6 Å². The van der Waals surface area contributed by atoms with Crippen LogP contribution in [0.4, 0.5) is 0 Å². The summed E-state index contributed by atoms with van der Waals surface area (Å²) in [7, 11) is 0. The van der Waals surface area contributed by atoms with Crippen molar-refractivity contribution in [3.63, 3.8) is 0 Å². The number of benzene rings is 9. The largest absolute Gasteiger partial charge is 0.308 e. The molecule has 0 saturated carbocycles. The van der Waals surface area contributed by atoms with Crippen LogP contribution in [0.3, 0.4) is 0 Å². The fourth-order valence-electron chi connectivity index (χ4n) is 9.64. The summed E-state index contributed by atoms with van der Waals surface area (Å²) in [5.41, 5.74) is 15.3. The molecule has 0 unspecified atom stereocenters. The summed E-state index contributed by atoms with van der Waals surface area (Å²) in [6.07, 6.45) is 0. The first-order valence-corrected chi connectivity index (χ1v) is 22.2. The summed E-state index contributed by atoms with van der Waals surface area (Å²) in [6, 6.07) is 78.4. The van der Waals surface area contributed by atoms with Crippen LogP contribution in [0.5, 0.6) is 0 Å². The lowest BCUT2D eigenvalue weighted by Crippen LogP contribution is -2.07. The van der Waals surface area contributed by atoms with E-state index in [0.717, 1.165) is 99.6 Å². The van der Waals surface area contributed by atoms with Gasteiger partial charge in [0.05, 0.1) is 79.7 Å². The molecular weight excluding hydrogens is 831 g/mol. The number of nitrogens with zero attached hydrogens (tertiary/aromatic N) is 7. The molecule has 0 fully saturated rings. The molecule has 314 valence electrons. The number of aromatic nitrogens is 4. The highest BCUT2D eigenvalue weighted by molar-refractivity contribution is 6.13. The van der Waals surface area contributed by atoms with Crippen LogP contribution in [0.2, 0.25) is 0 Å². The van der Waals surface area contributed by atoms with Crippen molar-refractivity contribution in [1.29, 1.82) is 15.8 Å². The normalized spacial score (nSPS) is 11.2. The van der Waals surface area contributed by atoms with Crippen LogP contribution in [0.1, 0.15) is 16.7 Å². The quantitative estimate of drug-likeness (QED) is 0.159. The van der Waals surface area contributed by atoms with Gasteiger partial charge in [-0.3, -0.25) is 0 Å². The van der Waals surface area contributed by atoms with Gasteiger partial charge in [0.1, 0.15) is 0 Å². The summed E-state index contributed by atoms with van der Waals surface area (Å²) in [4.78, 5) is 10.7. The average molecular weight is 866 g/mol. The molecule has 12 rings (SSSR count). The van der Waals surface area contributed by atoms with Crippen molar-refractivity contribution in [2.75, 3.05) is 0 Å². The number of para-hydroxylation sites is 2. The molecule has 0 aliphatic carbocycles. The minimum atomic E-state index is 0.486. The molecule has 0 aliphatic rings. The van der Waals surface area contributed by atoms with E-state index in [4.69, 9.17) is 9.97 Å². The Bertz CT molecular complexity index is 3830. The van der Waals surface area contributed by atoms with Crippen molar-refractivity contribution in [3.8, 4) is 85.7 Å². The van der Waals surface area contributed by atoms with Gasteiger partial charge in [0, 0.05) is 38.2 Å². The molecule has 0 bridgehead atoms. The second kappa shape index (κ2) is 16.3. The fourth-order valence-corrected chi connectivity index (χ4v) is 9.64. The van der Waals surface area contributed by atoms with E-state index in [9.17, 15) is 15.8 Å². The second-order valence-corrected chi connectivity index (χ2v) is 16.7. The summed E-state index contributed by atoms with van der Waals surface area (Å²) in [5.74, 6) is 0.576. The van der Waals surface area contributed by atoms with Gasteiger partial charge in [-0.1, -0.05) is 133 Å². The molecule has 0 aliphatic heterocycles. The van der Waals surface area contributed by atoms with E-state index in [1.165, 1.54) is 0 Å². The minimum absolute atomic E-state index is 0.486. The van der Waals surface area contributed by atoms with Crippen LogP contribution >= 0.6 is 0 Å². The van der Waals surface area contributed by atoms with Crippen LogP contribution in [0, 0.1) is 34.0 Å². The third kappa shape index (κ3) is 6.65. The summed E-state index contributed by atoms with van der Waals surface area (Å²) in [6.45, 7) is 0. The first kappa shape index (κ1) is 39.7.